The molecule has 0 saturated carbocycles. The Bertz CT molecular complexity index is 225. The van der Waals surface area contributed by atoms with Gasteiger partial charge in [0.25, 0.3) is 0 Å². The Morgan fingerprint density at radius 2 is 1.32 bits per heavy atom. The zero-order valence-electron chi connectivity index (χ0n) is 12.6. The molecule has 0 aliphatic rings. The van der Waals surface area contributed by atoms with Crippen molar-refractivity contribution >= 4 is 7.60 Å². The maximum Gasteiger partial charge on any atom is 2.00 e. The van der Waals surface area contributed by atoms with Gasteiger partial charge in [0.2, 0.25) is 0 Å². The van der Waals surface area contributed by atoms with E-state index in [1.807, 2.05) is 0 Å². The quantitative estimate of drug-likeness (QED) is 0.369. The smallest absolute Gasteiger partial charge is 0.778 e. The van der Waals surface area contributed by atoms with Crippen molar-refractivity contribution in [1.29, 1.82) is 0 Å². The maximum atomic E-state index is 11.6. The summed E-state index contributed by atoms with van der Waals surface area (Å²) in [6.07, 6.45) is 11.0. The number of hydrogen-bond donors (Lipinski definition) is 0. The Hall–Kier alpha value is 0.682. The van der Waals surface area contributed by atoms with Gasteiger partial charge in [-0.05, 0) is 12.8 Å². The number of unbranched alkanes of at least 4 members (excludes halogenated alkanes) is 8. The summed E-state index contributed by atoms with van der Waals surface area (Å²) in [4.78, 5) is 11.6. The van der Waals surface area contributed by atoms with Gasteiger partial charge in [-0.3, -0.25) is 0 Å². The topological polar surface area (TPSA) is 49.4 Å². The first-order valence-corrected chi connectivity index (χ1v) is 9.29. The van der Waals surface area contributed by atoms with Crippen molar-refractivity contribution in [1.82, 2.24) is 0 Å². The van der Waals surface area contributed by atoms with E-state index < -0.39 is 7.60 Å². The molecule has 0 aliphatic carbocycles. The van der Waals surface area contributed by atoms with Crippen molar-refractivity contribution in [2.24, 2.45) is 0 Å². The summed E-state index contributed by atoms with van der Waals surface area (Å²) in [5, 5.41) is 0. The van der Waals surface area contributed by atoms with Crippen LogP contribution < -0.4 is 4.89 Å². The van der Waals surface area contributed by atoms with Gasteiger partial charge < -0.3 is 14.0 Å². The molecule has 1 atom stereocenters. The Morgan fingerprint density at radius 1 is 0.842 bits per heavy atom. The molecule has 0 aromatic carbocycles. The summed E-state index contributed by atoms with van der Waals surface area (Å²) in [5.74, 6) is 0. The molecule has 0 heterocycles. The third kappa shape index (κ3) is 16.6. The second kappa shape index (κ2) is 15.1. The fraction of sp³-hybridized carbons (Fsp3) is 1.00. The second-order valence-corrected chi connectivity index (χ2v) is 6.92. The maximum absolute atomic E-state index is 11.6. The Balaban J connectivity index is 0. The molecule has 1 unspecified atom stereocenters. The average Bonchev–Trinajstić information content (AvgIpc) is 2.33. The van der Waals surface area contributed by atoms with Crippen LogP contribution in [-0.2, 0) is 26.4 Å². The SMILES string of the molecule is CCCCCCCOP(=O)([O-])CCCCCCC.[Cr+2]. The van der Waals surface area contributed by atoms with Gasteiger partial charge in [0, 0.05) is 6.16 Å². The molecular weight excluding hydrogens is 299 g/mol. The molecule has 5 heteroatoms. The van der Waals surface area contributed by atoms with Crippen molar-refractivity contribution in [3.63, 3.8) is 0 Å². The summed E-state index contributed by atoms with van der Waals surface area (Å²) in [6, 6.07) is 0. The van der Waals surface area contributed by atoms with E-state index in [0.717, 1.165) is 32.1 Å². The van der Waals surface area contributed by atoms with E-state index in [4.69, 9.17) is 4.52 Å². The van der Waals surface area contributed by atoms with Crippen LogP contribution in [0.25, 0.3) is 0 Å². The third-order valence-corrected chi connectivity index (χ3v) is 4.51. The third-order valence-electron chi connectivity index (χ3n) is 3.07. The minimum atomic E-state index is -3.55. The van der Waals surface area contributed by atoms with Crippen LogP contribution >= 0.6 is 7.60 Å². The molecule has 0 rings (SSSR count). The van der Waals surface area contributed by atoms with Crippen molar-refractivity contribution in [3.8, 4) is 0 Å². The van der Waals surface area contributed by atoms with Gasteiger partial charge in [-0.1, -0.05) is 65.2 Å². The van der Waals surface area contributed by atoms with Gasteiger partial charge in [-0.15, -0.1) is 0 Å². The molecule has 0 bridgehead atoms. The van der Waals surface area contributed by atoms with Gasteiger partial charge in [0.15, 0.2) is 0 Å². The van der Waals surface area contributed by atoms with E-state index in [1.54, 1.807) is 0 Å². The minimum Gasteiger partial charge on any atom is -0.778 e. The van der Waals surface area contributed by atoms with Crippen LogP contribution in [0.3, 0.4) is 0 Å². The van der Waals surface area contributed by atoms with E-state index in [-0.39, 0.29) is 23.5 Å². The van der Waals surface area contributed by atoms with Crippen molar-refractivity contribution in [2.45, 2.75) is 78.1 Å². The summed E-state index contributed by atoms with van der Waals surface area (Å²) >= 11 is 0. The molecule has 114 valence electrons. The second-order valence-electron chi connectivity index (χ2n) is 5.00. The molecule has 0 spiro atoms. The predicted octanol–water partition coefficient (Wildman–Crippen LogP) is 4.49. The zero-order chi connectivity index (χ0) is 13.7. The van der Waals surface area contributed by atoms with Crippen LogP contribution in [0.15, 0.2) is 0 Å². The molecule has 0 aromatic rings. The largest absolute Gasteiger partial charge is 2.00 e. The molecule has 0 amide bonds. The van der Waals surface area contributed by atoms with Crippen molar-refractivity contribution in [3.05, 3.63) is 0 Å². The van der Waals surface area contributed by atoms with Gasteiger partial charge >= 0.3 is 17.4 Å². The number of hydrogen-bond acceptors (Lipinski definition) is 3. The van der Waals surface area contributed by atoms with E-state index in [9.17, 15) is 9.46 Å². The summed E-state index contributed by atoms with van der Waals surface area (Å²) in [6.45, 7) is 4.69. The van der Waals surface area contributed by atoms with E-state index in [2.05, 4.69) is 13.8 Å². The Labute approximate surface area is 130 Å². The minimum absolute atomic E-state index is 0. The Morgan fingerprint density at radius 3 is 1.84 bits per heavy atom. The van der Waals surface area contributed by atoms with Gasteiger partial charge in [-0.25, -0.2) is 0 Å². The first kappa shape index (κ1) is 22.0. The van der Waals surface area contributed by atoms with Crippen LogP contribution in [0, 0.1) is 0 Å². The molecule has 0 fully saturated rings. The Kier molecular flexibility index (Phi) is 17.4. The first-order valence-electron chi connectivity index (χ1n) is 7.57. The zero-order valence-corrected chi connectivity index (χ0v) is 14.7. The molecule has 0 aliphatic heterocycles. The van der Waals surface area contributed by atoms with Crippen molar-refractivity contribution in [2.75, 3.05) is 12.8 Å². The molecule has 0 N–H and O–H groups in total. The van der Waals surface area contributed by atoms with Gasteiger partial charge in [0.1, 0.15) is 7.60 Å². The monoisotopic (exact) mass is 329 g/mol. The molecular formula is C14H30CrO3P+. The van der Waals surface area contributed by atoms with Crippen LogP contribution in [0.5, 0.6) is 0 Å². The summed E-state index contributed by atoms with van der Waals surface area (Å²) < 4.78 is 16.6. The standard InChI is InChI=1S/C14H31O3P.Cr/c1-3-5-7-9-11-13-17-18(15,16)14-12-10-8-6-4-2;/h3-14H2,1-2H3,(H,15,16);/q;+2/p-1. The normalized spacial score (nSPS) is 13.8. The van der Waals surface area contributed by atoms with Crippen LogP contribution in [0.4, 0.5) is 0 Å². The van der Waals surface area contributed by atoms with Crippen molar-refractivity contribution < 1.29 is 31.3 Å². The summed E-state index contributed by atoms with van der Waals surface area (Å²) in [7, 11) is -3.55. The van der Waals surface area contributed by atoms with E-state index in [0.29, 0.717) is 6.61 Å². The summed E-state index contributed by atoms with van der Waals surface area (Å²) in [5.41, 5.74) is 0. The molecule has 0 aromatic heterocycles. The average molecular weight is 329 g/mol. The van der Waals surface area contributed by atoms with Crippen LogP contribution in [0.2, 0.25) is 0 Å². The molecule has 19 heavy (non-hydrogen) atoms. The van der Waals surface area contributed by atoms with E-state index >= 15 is 0 Å². The molecule has 0 radical (unpaired) electrons. The van der Waals surface area contributed by atoms with Gasteiger partial charge in [0.05, 0.1) is 6.61 Å². The molecule has 3 nitrogen and oxygen atoms in total. The molecule has 0 saturated heterocycles. The number of rotatable bonds is 13. The fourth-order valence-corrected chi connectivity index (χ4v) is 3.03. The fourth-order valence-electron chi connectivity index (χ4n) is 1.88. The van der Waals surface area contributed by atoms with E-state index in [1.165, 1.54) is 32.1 Å². The first-order chi connectivity index (χ1) is 8.62. The van der Waals surface area contributed by atoms with Crippen LogP contribution in [0.1, 0.15) is 78.1 Å². The van der Waals surface area contributed by atoms with Gasteiger partial charge in [-0.2, -0.15) is 0 Å². The predicted molar refractivity (Wildman–Crippen MR) is 75.9 cm³/mol. The van der Waals surface area contributed by atoms with Crippen LogP contribution in [-0.4, -0.2) is 12.8 Å².